The first-order valence-corrected chi connectivity index (χ1v) is 8.40. The highest BCUT2D eigenvalue weighted by Crippen LogP contribution is 2.44. The Morgan fingerprint density at radius 2 is 1.88 bits per heavy atom. The van der Waals surface area contributed by atoms with Crippen LogP contribution < -0.4 is 10.1 Å². The number of hydrogen-bond donors (Lipinski definition) is 2. The van der Waals surface area contributed by atoms with Gasteiger partial charge in [-0.2, -0.15) is 0 Å². The molecule has 0 radical (unpaired) electrons. The Balaban J connectivity index is 1.89. The van der Waals surface area contributed by atoms with Crippen molar-refractivity contribution < 1.29 is 14.6 Å². The standard InChI is InChI=1S/C20H21NO3/c1-11-6-15-14(9-20(23)21-17(15)10-18(11)22)16-7-12-4-3-5-13(12)8-19(16)24-2/h6-8,10,14,22H,3-5,9H2,1-2H3,(H,21,23)/t14-/m1/s1. The number of phenols is 1. The number of phenolic OH excluding ortho intramolecular Hbond substituents is 1. The fourth-order valence-corrected chi connectivity index (χ4v) is 3.96. The van der Waals surface area contributed by atoms with Crippen LogP contribution in [0.25, 0.3) is 0 Å². The highest BCUT2D eigenvalue weighted by Gasteiger charge is 2.30. The maximum atomic E-state index is 12.2. The Hall–Kier alpha value is -2.49. The molecule has 4 heteroatoms. The molecule has 2 N–H and O–H groups in total. The molecule has 0 aromatic heterocycles. The minimum atomic E-state index is -0.0473. The van der Waals surface area contributed by atoms with E-state index in [0.717, 1.165) is 35.3 Å². The molecule has 2 aromatic rings. The van der Waals surface area contributed by atoms with Crippen LogP contribution in [-0.4, -0.2) is 18.1 Å². The van der Waals surface area contributed by atoms with E-state index in [2.05, 4.69) is 17.4 Å². The van der Waals surface area contributed by atoms with Gasteiger partial charge in [0.05, 0.1) is 7.11 Å². The number of rotatable bonds is 2. The second-order valence-electron chi connectivity index (χ2n) is 6.75. The van der Waals surface area contributed by atoms with E-state index in [1.54, 1.807) is 13.2 Å². The second kappa shape index (κ2) is 5.55. The molecule has 2 aromatic carbocycles. The molecule has 0 bridgehead atoms. The number of carbonyl (C=O) groups excluding carboxylic acids is 1. The normalized spacial score (nSPS) is 18.8. The summed E-state index contributed by atoms with van der Waals surface area (Å²) in [5, 5.41) is 12.8. The van der Waals surface area contributed by atoms with Gasteiger partial charge in [-0.1, -0.05) is 6.07 Å². The van der Waals surface area contributed by atoms with Crippen LogP contribution in [0.3, 0.4) is 0 Å². The lowest BCUT2D eigenvalue weighted by Gasteiger charge is -2.28. The number of hydrogen-bond acceptors (Lipinski definition) is 3. The average molecular weight is 323 g/mol. The lowest BCUT2D eigenvalue weighted by atomic mass is 9.82. The average Bonchev–Trinajstić information content (AvgIpc) is 3.01. The summed E-state index contributed by atoms with van der Waals surface area (Å²) < 4.78 is 5.65. The molecule has 0 unspecified atom stereocenters. The number of anilines is 1. The molecular formula is C20H21NO3. The lowest BCUT2D eigenvalue weighted by Crippen LogP contribution is -2.24. The van der Waals surface area contributed by atoms with Crippen LogP contribution in [0.2, 0.25) is 0 Å². The van der Waals surface area contributed by atoms with Gasteiger partial charge in [0.2, 0.25) is 5.91 Å². The number of methoxy groups -OCH3 is 1. The molecular weight excluding hydrogens is 302 g/mol. The number of ether oxygens (including phenoxy) is 1. The van der Waals surface area contributed by atoms with Crippen LogP contribution in [0.1, 0.15) is 46.6 Å². The molecule has 4 nitrogen and oxygen atoms in total. The smallest absolute Gasteiger partial charge is 0.225 e. The molecule has 2 aliphatic rings. The minimum absolute atomic E-state index is 0.0293. The Morgan fingerprint density at radius 3 is 2.62 bits per heavy atom. The summed E-state index contributed by atoms with van der Waals surface area (Å²) >= 11 is 0. The van der Waals surface area contributed by atoms with Gasteiger partial charge in [-0.3, -0.25) is 4.79 Å². The van der Waals surface area contributed by atoms with Crippen molar-refractivity contribution in [1.82, 2.24) is 0 Å². The molecule has 1 atom stereocenters. The first kappa shape index (κ1) is 15.1. The monoisotopic (exact) mass is 323 g/mol. The van der Waals surface area contributed by atoms with Gasteiger partial charge in [-0.05, 0) is 60.6 Å². The lowest BCUT2D eigenvalue weighted by molar-refractivity contribution is -0.116. The Kier molecular flexibility index (Phi) is 3.48. The number of aryl methyl sites for hydroxylation is 3. The molecule has 124 valence electrons. The van der Waals surface area contributed by atoms with Gasteiger partial charge in [0, 0.05) is 29.7 Å². The Bertz CT molecular complexity index is 841. The van der Waals surface area contributed by atoms with Gasteiger partial charge in [-0.25, -0.2) is 0 Å². The molecule has 1 aliphatic heterocycles. The van der Waals surface area contributed by atoms with Crippen molar-refractivity contribution in [1.29, 1.82) is 0 Å². The molecule has 0 saturated carbocycles. The Morgan fingerprint density at radius 1 is 1.12 bits per heavy atom. The third-order valence-corrected chi connectivity index (χ3v) is 5.23. The molecule has 0 spiro atoms. The quantitative estimate of drug-likeness (QED) is 0.886. The second-order valence-corrected chi connectivity index (χ2v) is 6.75. The zero-order chi connectivity index (χ0) is 16.8. The predicted molar refractivity (Wildman–Crippen MR) is 93.0 cm³/mol. The number of aromatic hydroxyl groups is 1. The third kappa shape index (κ3) is 2.33. The minimum Gasteiger partial charge on any atom is -0.508 e. The molecule has 24 heavy (non-hydrogen) atoms. The first-order valence-electron chi connectivity index (χ1n) is 8.40. The zero-order valence-corrected chi connectivity index (χ0v) is 14.0. The molecule has 1 heterocycles. The SMILES string of the molecule is COc1cc2c(cc1[C@@H]1CC(=O)Nc3cc(O)c(C)cc31)CCC2. The predicted octanol–water partition coefficient (Wildman–Crippen LogP) is 3.67. The maximum Gasteiger partial charge on any atom is 0.225 e. The van der Waals surface area contributed by atoms with Crippen LogP contribution in [-0.2, 0) is 17.6 Å². The van der Waals surface area contributed by atoms with Crippen LogP contribution in [0.15, 0.2) is 24.3 Å². The third-order valence-electron chi connectivity index (χ3n) is 5.23. The van der Waals surface area contributed by atoms with E-state index in [4.69, 9.17) is 4.74 Å². The summed E-state index contributed by atoms with van der Waals surface area (Å²) in [5.41, 5.74) is 6.35. The highest BCUT2D eigenvalue weighted by molar-refractivity contribution is 5.96. The van der Waals surface area contributed by atoms with Gasteiger partial charge < -0.3 is 15.2 Å². The van der Waals surface area contributed by atoms with E-state index in [9.17, 15) is 9.90 Å². The van der Waals surface area contributed by atoms with E-state index in [-0.39, 0.29) is 17.6 Å². The summed E-state index contributed by atoms with van der Waals surface area (Å²) in [5.74, 6) is 0.981. The largest absolute Gasteiger partial charge is 0.508 e. The molecule has 0 fully saturated rings. The van der Waals surface area contributed by atoms with Gasteiger partial charge >= 0.3 is 0 Å². The fourth-order valence-electron chi connectivity index (χ4n) is 3.96. The van der Waals surface area contributed by atoms with E-state index >= 15 is 0 Å². The molecule has 1 amide bonds. The maximum absolute atomic E-state index is 12.2. The van der Waals surface area contributed by atoms with Gasteiger partial charge in [0.15, 0.2) is 0 Å². The van der Waals surface area contributed by atoms with E-state index in [1.165, 1.54) is 17.5 Å². The molecule has 1 aliphatic carbocycles. The van der Waals surface area contributed by atoms with Crippen molar-refractivity contribution in [2.24, 2.45) is 0 Å². The van der Waals surface area contributed by atoms with Crippen molar-refractivity contribution in [3.63, 3.8) is 0 Å². The van der Waals surface area contributed by atoms with Crippen LogP contribution >= 0.6 is 0 Å². The zero-order valence-electron chi connectivity index (χ0n) is 14.0. The van der Waals surface area contributed by atoms with Gasteiger partial charge in [0.25, 0.3) is 0 Å². The number of carbonyl (C=O) groups is 1. The van der Waals surface area contributed by atoms with Crippen LogP contribution in [0, 0.1) is 6.92 Å². The molecule has 4 rings (SSSR count). The first-order chi connectivity index (χ1) is 11.6. The van der Waals surface area contributed by atoms with Crippen molar-refractivity contribution in [2.75, 3.05) is 12.4 Å². The van der Waals surface area contributed by atoms with Crippen molar-refractivity contribution in [3.05, 3.63) is 52.1 Å². The molecule has 0 saturated heterocycles. The van der Waals surface area contributed by atoms with Crippen molar-refractivity contribution >= 4 is 11.6 Å². The summed E-state index contributed by atoms with van der Waals surface area (Å²) in [6.07, 6.45) is 3.76. The Labute approximate surface area is 141 Å². The van der Waals surface area contributed by atoms with Crippen LogP contribution in [0.4, 0.5) is 5.69 Å². The highest BCUT2D eigenvalue weighted by atomic mass is 16.5. The fraction of sp³-hybridized carbons (Fsp3) is 0.350. The summed E-state index contributed by atoms with van der Waals surface area (Å²) in [6, 6.07) is 7.98. The summed E-state index contributed by atoms with van der Waals surface area (Å²) in [6.45, 7) is 1.88. The summed E-state index contributed by atoms with van der Waals surface area (Å²) in [7, 11) is 1.69. The van der Waals surface area contributed by atoms with Gasteiger partial charge in [-0.15, -0.1) is 0 Å². The number of nitrogens with one attached hydrogen (secondary N) is 1. The van der Waals surface area contributed by atoms with E-state index in [0.29, 0.717) is 12.1 Å². The van der Waals surface area contributed by atoms with E-state index < -0.39 is 0 Å². The summed E-state index contributed by atoms with van der Waals surface area (Å²) in [4.78, 5) is 12.2. The topological polar surface area (TPSA) is 58.6 Å². The number of benzene rings is 2. The van der Waals surface area contributed by atoms with E-state index in [1.807, 2.05) is 13.0 Å². The number of fused-ring (bicyclic) bond motifs is 2. The van der Waals surface area contributed by atoms with Crippen LogP contribution in [0.5, 0.6) is 11.5 Å². The van der Waals surface area contributed by atoms with Crippen molar-refractivity contribution in [3.8, 4) is 11.5 Å². The van der Waals surface area contributed by atoms with Crippen molar-refractivity contribution in [2.45, 2.75) is 38.5 Å². The van der Waals surface area contributed by atoms with Gasteiger partial charge in [0.1, 0.15) is 11.5 Å². The number of amides is 1.